The largest absolute Gasteiger partial charge is 0.460 e. The molecule has 0 saturated carbocycles. The van der Waals surface area contributed by atoms with Crippen LogP contribution in [0, 0.1) is 0 Å². The third-order valence-electron chi connectivity index (χ3n) is 4.61. The van der Waals surface area contributed by atoms with E-state index in [1.165, 1.54) is 0 Å². The summed E-state index contributed by atoms with van der Waals surface area (Å²) in [7, 11) is 0. The molecule has 4 amide bonds. The molecule has 0 aromatic carbocycles. The van der Waals surface area contributed by atoms with Crippen LogP contribution in [0.3, 0.4) is 0 Å². The van der Waals surface area contributed by atoms with Crippen molar-refractivity contribution in [3.8, 4) is 0 Å². The molecular formula is C25H39N3O11. The lowest BCUT2D eigenvalue weighted by molar-refractivity contribution is -0.197. The van der Waals surface area contributed by atoms with Crippen LogP contribution in [-0.4, -0.2) is 83.6 Å². The number of rotatable bonds is 14. The average Bonchev–Trinajstić information content (AvgIpc) is 3.09. The SMILES string of the molecule is CC(C)(C)OC(=O)CC(NC(=O)CCOCCNC(=O)CCC(=O)ON1C(=O)CCC1=O)C(=O)OC(C)(C)C. The fraction of sp³-hybridized carbons (Fsp3) is 0.720. The Morgan fingerprint density at radius 2 is 1.38 bits per heavy atom. The summed E-state index contributed by atoms with van der Waals surface area (Å²) in [5.41, 5.74) is -1.59. The van der Waals surface area contributed by atoms with Crippen LogP contribution in [-0.2, 0) is 52.6 Å². The van der Waals surface area contributed by atoms with Crippen LogP contribution in [0.1, 0.15) is 80.1 Å². The minimum atomic E-state index is -1.24. The second kappa shape index (κ2) is 15.1. The molecule has 39 heavy (non-hydrogen) atoms. The van der Waals surface area contributed by atoms with Crippen LogP contribution in [0.25, 0.3) is 0 Å². The number of carbonyl (C=O) groups excluding carboxylic acids is 7. The quantitative estimate of drug-likeness (QED) is 0.172. The van der Waals surface area contributed by atoms with Gasteiger partial charge in [0.2, 0.25) is 11.8 Å². The Kier molecular flexibility index (Phi) is 13.0. The molecule has 14 nitrogen and oxygen atoms in total. The molecule has 1 aliphatic rings. The Morgan fingerprint density at radius 1 is 0.795 bits per heavy atom. The number of esters is 2. The fourth-order valence-electron chi connectivity index (χ4n) is 3.02. The van der Waals surface area contributed by atoms with Gasteiger partial charge in [-0.2, -0.15) is 0 Å². The van der Waals surface area contributed by atoms with Crippen LogP contribution in [0.15, 0.2) is 0 Å². The van der Waals surface area contributed by atoms with E-state index < -0.39 is 65.2 Å². The summed E-state index contributed by atoms with van der Waals surface area (Å²) in [6.45, 7) is 10.2. The molecule has 1 rings (SSSR count). The van der Waals surface area contributed by atoms with Gasteiger partial charge in [0.25, 0.3) is 11.8 Å². The van der Waals surface area contributed by atoms with Crippen LogP contribution in [0.5, 0.6) is 0 Å². The number of ether oxygens (including phenoxy) is 3. The minimum absolute atomic E-state index is 0.0232. The fourth-order valence-corrected chi connectivity index (χ4v) is 3.02. The van der Waals surface area contributed by atoms with E-state index in [0.717, 1.165) is 0 Å². The molecule has 0 aromatic heterocycles. The van der Waals surface area contributed by atoms with Gasteiger partial charge in [-0.1, -0.05) is 0 Å². The highest BCUT2D eigenvalue weighted by molar-refractivity contribution is 6.01. The average molecular weight is 558 g/mol. The summed E-state index contributed by atoms with van der Waals surface area (Å²) >= 11 is 0. The predicted octanol–water partition coefficient (Wildman–Crippen LogP) is 0.455. The summed E-state index contributed by atoms with van der Waals surface area (Å²) < 4.78 is 15.8. The zero-order valence-corrected chi connectivity index (χ0v) is 23.4. The highest BCUT2D eigenvalue weighted by Crippen LogP contribution is 2.14. The molecule has 1 fully saturated rings. The maximum atomic E-state index is 12.5. The molecule has 2 N–H and O–H groups in total. The van der Waals surface area contributed by atoms with Gasteiger partial charge in [0.15, 0.2) is 0 Å². The molecule has 0 radical (unpaired) electrons. The van der Waals surface area contributed by atoms with Gasteiger partial charge in [-0.25, -0.2) is 9.59 Å². The number of amides is 4. The zero-order valence-electron chi connectivity index (χ0n) is 23.4. The van der Waals surface area contributed by atoms with Gasteiger partial charge in [0.05, 0.1) is 26.1 Å². The topological polar surface area (TPSA) is 184 Å². The van der Waals surface area contributed by atoms with Crippen molar-refractivity contribution in [3.05, 3.63) is 0 Å². The molecule has 1 saturated heterocycles. The van der Waals surface area contributed by atoms with Crippen molar-refractivity contribution >= 4 is 41.5 Å². The molecule has 220 valence electrons. The molecule has 1 atom stereocenters. The van der Waals surface area contributed by atoms with E-state index in [0.29, 0.717) is 5.06 Å². The Hall–Kier alpha value is -3.55. The van der Waals surface area contributed by atoms with Crippen molar-refractivity contribution in [2.45, 2.75) is 97.3 Å². The van der Waals surface area contributed by atoms with Crippen LogP contribution in [0.4, 0.5) is 0 Å². The molecule has 14 heteroatoms. The molecule has 0 aromatic rings. The number of hydrogen-bond donors (Lipinski definition) is 2. The van der Waals surface area contributed by atoms with Gasteiger partial charge in [-0.05, 0) is 41.5 Å². The van der Waals surface area contributed by atoms with Crippen LogP contribution < -0.4 is 10.6 Å². The highest BCUT2D eigenvalue weighted by Gasteiger charge is 2.33. The summed E-state index contributed by atoms with van der Waals surface area (Å²) in [5, 5.41) is 5.40. The third-order valence-corrected chi connectivity index (χ3v) is 4.61. The summed E-state index contributed by atoms with van der Waals surface area (Å²) in [5.74, 6) is -4.56. The van der Waals surface area contributed by atoms with E-state index in [2.05, 4.69) is 15.5 Å². The van der Waals surface area contributed by atoms with Crippen molar-refractivity contribution in [2.24, 2.45) is 0 Å². The summed E-state index contributed by atoms with van der Waals surface area (Å²) in [6.07, 6.45) is -1.12. The number of carbonyl (C=O) groups is 7. The maximum absolute atomic E-state index is 12.5. The molecular weight excluding hydrogens is 518 g/mol. The predicted molar refractivity (Wildman–Crippen MR) is 133 cm³/mol. The third kappa shape index (κ3) is 14.8. The zero-order chi connectivity index (χ0) is 29.8. The minimum Gasteiger partial charge on any atom is -0.460 e. The first-order valence-electron chi connectivity index (χ1n) is 12.6. The molecule has 0 bridgehead atoms. The molecule has 1 aliphatic heterocycles. The van der Waals surface area contributed by atoms with Crippen molar-refractivity contribution in [3.63, 3.8) is 0 Å². The Morgan fingerprint density at radius 3 is 1.95 bits per heavy atom. The lowest BCUT2D eigenvalue weighted by Gasteiger charge is -2.25. The van der Waals surface area contributed by atoms with Gasteiger partial charge < -0.3 is 29.7 Å². The maximum Gasteiger partial charge on any atom is 0.333 e. The number of nitrogens with one attached hydrogen (secondary N) is 2. The second-order valence-corrected chi connectivity index (χ2v) is 10.7. The van der Waals surface area contributed by atoms with Gasteiger partial charge in [0.1, 0.15) is 17.2 Å². The van der Waals surface area contributed by atoms with Gasteiger partial charge in [0, 0.05) is 32.2 Å². The van der Waals surface area contributed by atoms with E-state index >= 15 is 0 Å². The Balaban J connectivity index is 2.33. The smallest absolute Gasteiger partial charge is 0.333 e. The Labute approximate surface area is 227 Å². The van der Waals surface area contributed by atoms with E-state index in [9.17, 15) is 33.6 Å². The first-order chi connectivity index (χ1) is 18.0. The number of nitrogens with zero attached hydrogens (tertiary/aromatic N) is 1. The second-order valence-electron chi connectivity index (χ2n) is 10.7. The van der Waals surface area contributed by atoms with Crippen molar-refractivity contribution in [2.75, 3.05) is 19.8 Å². The lowest BCUT2D eigenvalue weighted by atomic mass is 10.1. The standard InChI is InChI=1S/C25H39N3O11/c1-24(2,3)37-22(34)15-16(23(35)38-25(4,5)6)27-18(30)11-13-36-14-12-26-17(29)7-10-21(33)39-28-19(31)8-9-20(28)32/h16H,7-15H2,1-6H3,(H,26,29)(H,27,30). The molecule has 0 aliphatic carbocycles. The van der Waals surface area contributed by atoms with Gasteiger partial charge in [-0.15, -0.1) is 5.06 Å². The molecule has 1 unspecified atom stereocenters. The van der Waals surface area contributed by atoms with E-state index in [-0.39, 0.29) is 51.9 Å². The van der Waals surface area contributed by atoms with E-state index in [1.807, 2.05) is 0 Å². The summed E-state index contributed by atoms with van der Waals surface area (Å²) in [6, 6.07) is -1.24. The van der Waals surface area contributed by atoms with Gasteiger partial charge in [-0.3, -0.25) is 24.0 Å². The lowest BCUT2D eigenvalue weighted by Crippen LogP contribution is -2.46. The first kappa shape index (κ1) is 33.5. The van der Waals surface area contributed by atoms with E-state index in [4.69, 9.17) is 14.2 Å². The monoisotopic (exact) mass is 557 g/mol. The molecule has 0 spiro atoms. The normalized spacial score (nSPS) is 14.5. The van der Waals surface area contributed by atoms with Crippen molar-refractivity contribution < 1.29 is 52.6 Å². The van der Waals surface area contributed by atoms with Crippen molar-refractivity contribution in [1.29, 1.82) is 0 Å². The Bertz CT molecular complexity index is 919. The van der Waals surface area contributed by atoms with Crippen molar-refractivity contribution in [1.82, 2.24) is 15.7 Å². The number of hydrogen-bond acceptors (Lipinski definition) is 11. The summed E-state index contributed by atoms with van der Waals surface area (Å²) in [4.78, 5) is 88.1. The number of hydroxylamine groups is 2. The van der Waals surface area contributed by atoms with Crippen LogP contribution >= 0.6 is 0 Å². The number of imide groups is 1. The van der Waals surface area contributed by atoms with E-state index in [1.54, 1.807) is 41.5 Å². The highest BCUT2D eigenvalue weighted by atomic mass is 16.7. The van der Waals surface area contributed by atoms with Gasteiger partial charge >= 0.3 is 17.9 Å². The van der Waals surface area contributed by atoms with Crippen LogP contribution in [0.2, 0.25) is 0 Å². The first-order valence-corrected chi connectivity index (χ1v) is 12.6. The molecule has 1 heterocycles.